The normalized spacial score (nSPS) is 11.5. The summed E-state index contributed by atoms with van der Waals surface area (Å²) < 4.78 is 38.2. The number of rotatable bonds is 5. The van der Waals surface area contributed by atoms with Crippen molar-refractivity contribution in [1.29, 1.82) is 0 Å². The fraction of sp³-hybridized carbons (Fsp3) is 0. The summed E-state index contributed by atoms with van der Waals surface area (Å²) in [6.07, 6.45) is 0. The van der Waals surface area contributed by atoms with Crippen LogP contribution < -0.4 is 9.46 Å². The van der Waals surface area contributed by atoms with E-state index in [4.69, 9.17) is 44.0 Å². The number of sulfonamides is 1. The van der Waals surface area contributed by atoms with Crippen LogP contribution in [-0.4, -0.2) is 14.3 Å². The number of fused-ring (bicyclic) bond motifs is 1. The average molecular weight is 497 g/mol. The average Bonchev–Trinajstić information content (AvgIpc) is 3.13. The van der Waals surface area contributed by atoms with Gasteiger partial charge in [-0.2, -0.15) is 0 Å². The molecule has 0 aliphatic carbocycles. The van der Waals surface area contributed by atoms with Gasteiger partial charge in [-0.15, -0.1) is 0 Å². The third-order valence-corrected chi connectivity index (χ3v) is 6.48. The lowest BCUT2D eigenvalue weighted by Gasteiger charge is -2.07. The minimum atomic E-state index is -4.23. The summed E-state index contributed by atoms with van der Waals surface area (Å²) in [6, 6.07) is 17.0. The fourth-order valence-corrected chi connectivity index (χ4v) is 4.60. The van der Waals surface area contributed by atoms with Crippen LogP contribution in [0.2, 0.25) is 15.1 Å². The van der Waals surface area contributed by atoms with E-state index in [1.807, 2.05) is 4.72 Å². The van der Waals surface area contributed by atoms with Gasteiger partial charge >= 0.3 is 5.91 Å². The number of benzene rings is 3. The van der Waals surface area contributed by atoms with Crippen LogP contribution in [0.15, 0.2) is 76.0 Å². The molecule has 0 unspecified atom stereocenters. The zero-order valence-corrected chi connectivity index (χ0v) is 18.5. The van der Waals surface area contributed by atoms with Gasteiger partial charge in [0.2, 0.25) is 0 Å². The SMILES string of the molecule is O=C(NS(=O)(=O)c1ccc(Cl)cc1Cl)c1cc2ccc(Oc3ccc(Cl)cc3)cc2o1. The Hall–Kier alpha value is -2.71. The lowest BCUT2D eigenvalue weighted by molar-refractivity contribution is 0.0956. The maximum Gasteiger partial charge on any atom is 0.300 e. The molecule has 0 atom stereocenters. The Kier molecular flexibility index (Phi) is 5.85. The number of furan rings is 1. The minimum Gasteiger partial charge on any atom is -0.457 e. The zero-order valence-electron chi connectivity index (χ0n) is 15.4. The van der Waals surface area contributed by atoms with Crippen LogP contribution in [-0.2, 0) is 10.0 Å². The van der Waals surface area contributed by atoms with Crippen molar-refractivity contribution in [2.75, 3.05) is 0 Å². The number of amides is 1. The highest BCUT2D eigenvalue weighted by molar-refractivity contribution is 7.90. The van der Waals surface area contributed by atoms with Gasteiger partial charge in [0.25, 0.3) is 10.0 Å². The highest BCUT2D eigenvalue weighted by Gasteiger charge is 2.24. The summed E-state index contributed by atoms with van der Waals surface area (Å²) in [7, 11) is -4.23. The maximum atomic E-state index is 12.5. The van der Waals surface area contributed by atoms with E-state index in [-0.39, 0.29) is 20.7 Å². The summed E-state index contributed by atoms with van der Waals surface area (Å²) >= 11 is 17.6. The molecule has 4 rings (SSSR count). The van der Waals surface area contributed by atoms with Gasteiger partial charge < -0.3 is 9.15 Å². The summed E-state index contributed by atoms with van der Waals surface area (Å²) in [5.74, 6) is -0.0920. The Balaban J connectivity index is 1.56. The van der Waals surface area contributed by atoms with Crippen LogP contribution in [0.3, 0.4) is 0 Å². The Labute approximate surface area is 192 Å². The summed E-state index contributed by atoms with van der Waals surface area (Å²) in [4.78, 5) is 12.2. The number of ether oxygens (including phenoxy) is 1. The van der Waals surface area contributed by atoms with Crippen LogP contribution in [0, 0.1) is 0 Å². The topological polar surface area (TPSA) is 85.6 Å². The van der Waals surface area contributed by atoms with Crippen molar-refractivity contribution in [2.45, 2.75) is 4.90 Å². The van der Waals surface area contributed by atoms with Crippen LogP contribution in [0.4, 0.5) is 0 Å². The van der Waals surface area contributed by atoms with Gasteiger partial charge in [0.1, 0.15) is 22.0 Å². The van der Waals surface area contributed by atoms with Gasteiger partial charge in [0.05, 0.1) is 5.02 Å². The lowest BCUT2D eigenvalue weighted by atomic mass is 10.2. The fourth-order valence-electron chi connectivity index (χ4n) is 2.75. The van der Waals surface area contributed by atoms with Crippen molar-refractivity contribution in [1.82, 2.24) is 4.72 Å². The lowest BCUT2D eigenvalue weighted by Crippen LogP contribution is -2.30. The molecule has 158 valence electrons. The van der Waals surface area contributed by atoms with E-state index in [1.54, 1.807) is 42.5 Å². The smallest absolute Gasteiger partial charge is 0.300 e. The van der Waals surface area contributed by atoms with Crippen molar-refractivity contribution < 1.29 is 22.4 Å². The second-order valence-corrected chi connectivity index (χ2v) is 9.31. The van der Waals surface area contributed by atoms with Crippen LogP contribution in [0.1, 0.15) is 10.6 Å². The molecule has 31 heavy (non-hydrogen) atoms. The summed E-state index contributed by atoms with van der Waals surface area (Å²) in [6.45, 7) is 0. The molecule has 1 aromatic heterocycles. The molecule has 0 fully saturated rings. The molecule has 0 aliphatic rings. The van der Waals surface area contributed by atoms with Crippen molar-refractivity contribution in [3.63, 3.8) is 0 Å². The molecule has 0 saturated heterocycles. The van der Waals surface area contributed by atoms with Crippen LogP contribution in [0.5, 0.6) is 11.5 Å². The molecule has 6 nitrogen and oxygen atoms in total. The Morgan fingerprint density at radius 1 is 0.839 bits per heavy atom. The van der Waals surface area contributed by atoms with E-state index >= 15 is 0 Å². The van der Waals surface area contributed by atoms with Gasteiger partial charge in [-0.3, -0.25) is 4.79 Å². The van der Waals surface area contributed by atoms with E-state index in [1.165, 1.54) is 24.3 Å². The van der Waals surface area contributed by atoms with E-state index in [9.17, 15) is 13.2 Å². The Bertz CT molecular complexity index is 1400. The standard InChI is InChI=1S/C21H12Cl3NO5S/c22-13-2-6-15(7-3-13)29-16-5-1-12-9-19(30-18(12)11-16)21(26)25-31(27,28)20-8-4-14(23)10-17(20)24/h1-11H,(H,25,26). The maximum absolute atomic E-state index is 12.5. The quantitative estimate of drug-likeness (QED) is 0.350. The molecule has 0 bridgehead atoms. The number of carbonyl (C=O) groups is 1. The number of hydrogen-bond acceptors (Lipinski definition) is 5. The van der Waals surface area contributed by atoms with Crippen LogP contribution in [0.25, 0.3) is 11.0 Å². The highest BCUT2D eigenvalue weighted by Crippen LogP contribution is 2.29. The van der Waals surface area contributed by atoms with E-state index in [0.717, 1.165) is 0 Å². The first-order valence-electron chi connectivity index (χ1n) is 8.70. The number of nitrogens with one attached hydrogen (secondary N) is 1. The monoisotopic (exact) mass is 495 g/mol. The molecule has 0 spiro atoms. The summed E-state index contributed by atoms with van der Waals surface area (Å²) in [5, 5.41) is 1.33. The minimum absolute atomic E-state index is 0.110. The van der Waals surface area contributed by atoms with E-state index in [0.29, 0.717) is 27.5 Å². The molecule has 0 radical (unpaired) electrons. The van der Waals surface area contributed by atoms with Crippen molar-refractivity contribution in [3.8, 4) is 11.5 Å². The molecule has 0 saturated carbocycles. The van der Waals surface area contributed by atoms with E-state index in [2.05, 4.69) is 0 Å². The van der Waals surface area contributed by atoms with E-state index < -0.39 is 15.9 Å². The zero-order chi connectivity index (χ0) is 22.2. The number of carbonyl (C=O) groups excluding carboxylic acids is 1. The first kappa shape index (κ1) is 21.5. The van der Waals surface area contributed by atoms with Gasteiger partial charge in [-0.25, -0.2) is 13.1 Å². The predicted octanol–water partition coefficient (Wildman–Crippen LogP) is 6.30. The molecular weight excluding hydrogens is 485 g/mol. The molecular formula is C21H12Cl3NO5S. The first-order valence-corrected chi connectivity index (χ1v) is 11.3. The molecule has 4 aromatic rings. The molecule has 1 heterocycles. The Morgan fingerprint density at radius 3 is 2.23 bits per heavy atom. The van der Waals surface area contributed by atoms with Gasteiger partial charge in [0, 0.05) is 21.5 Å². The summed E-state index contributed by atoms with van der Waals surface area (Å²) in [5.41, 5.74) is 0.346. The van der Waals surface area contributed by atoms with Crippen molar-refractivity contribution in [2.24, 2.45) is 0 Å². The molecule has 1 amide bonds. The van der Waals surface area contributed by atoms with Crippen molar-refractivity contribution >= 4 is 61.7 Å². The second kappa shape index (κ2) is 8.43. The Morgan fingerprint density at radius 2 is 1.52 bits per heavy atom. The second-order valence-electron chi connectivity index (χ2n) is 6.38. The number of halogens is 3. The molecule has 10 heteroatoms. The van der Waals surface area contributed by atoms with Gasteiger partial charge in [-0.05, 0) is 60.7 Å². The third-order valence-electron chi connectivity index (χ3n) is 4.18. The number of hydrogen-bond donors (Lipinski definition) is 1. The third kappa shape index (κ3) is 4.80. The first-order chi connectivity index (χ1) is 14.7. The predicted molar refractivity (Wildman–Crippen MR) is 119 cm³/mol. The molecule has 1 N–H and O–H groups in total. The van der Waals surface area contributed by atoms with Crippen molar-refractivity contribution in [3.05, 3.63) is 87.6 Å². The van der Waals surface area contributed by atoms with Crippen LogP contribution >= 0.6 is 34.8 Å². The van der Waals surface area contributed by atoms with Gasteiger partial charge in [-0.1, -0.05) is 34.8 Å². The molecule has 3 aromatic carbocycles. The largest absolute Gasteiger partial charge is 0.457 e. The highest BCUT2D eigenvalue weighted by atomic mass is 35.5. The molecule has 0 aliphatic heterocycles. The van der Waals surface area contributed by atoms with Gasteiger partial charge in [0.15, 0.2) is 5.76 Å².